The Morgan fingerprint density at radius 2 is 0.980 bits per heavy atom. The SMILES string of the molecule is c1ccc2c(c1)ccc1c2c2cc3c4ccccc4n4c5ccccc5c(c2n1-c1ccc(-n2c5ccccc5c5ccncc52)cc1)c34. The number of aromatic nitrogens is 4. The van der Waals surface area contributed by atoms with Gasteiger partial charge in [0.1, 0.15) is 0 Å². The molecule has 12 aromatic rings. The zero-order valence-corrected chi connectivity index (χ0v) is 26.3. The molecule has 4 nitrogen and oxygen atoms in total. The third-order valence-electron chi connectivity index (χ3n) is 10.8. The van der Waals surface area contributed by atoms with Crippen LogP contribution in [0.15, 0.2) is 158 Å². The normalized spacial score (nSPS) is 12.5. The van der Waals surface area contributed by atoms with E-state index in [-0.39, 0.29) is 0 Å². The van der Waals surface area contributed by atoms with Crippen LogP contribution in [0.3, 0.4) is 0 Å². The van der Waals surface area contributed by atoms with E-state index in [0.29, 0.717) is 0 Å². The summed E-state index contributed by atoms with van der Waals surface area (Å²) < 4.78 is 7.32. The molecule has 0 saturated heterocycles. The molecule has 0 aliphatic heterocycles. The Morgan fingerprint density at radius 1 is 0.367 bits per heavy atom. The molecule has 0 saturated carbocycles. The summed E-state index contributed by atoms with van der Waals surface area (Å²) in [5.74, 6) is 0. The van der Waals surface area contributed by atoms with Crippen LogP contribution < -0.4 is 0 Å². The molecule has 0 unspecified atom stereocenters. The van der Waals surface area contributed by atoms with E-state index in [1.807, 2.05) is 12.4 Å². The van der Waals surface area contributed by atoms with E-state index in [2.05, 4.69) is 164 Å². The number of para-hydroxylation sites is 3. The molecule has 4 heteroatoms. The van der Waals surface area contributed by atoms with E-state index >= 15 is 0 Å². The van der Waals surface area contributed by atoms with Gasteiger partial charge in [-0.25, -0.2) is 0 Å². The molecule has 0 aliphatic carbocycles. The molecule has 12 rings (SSSR count). The van der Waals surface area contributed by atoms with Gasteiger partial charge in [0.2, 0.25) is 0 Å². The second-order valence-electron chi connectivity index (χ2n) is 13.2. The van der Waals surface area contributed by atoms with Gasteiger partial charge in [-0.3, -0.25) is 4.98 Å². The Morgan fingerprint density at radius 3 is 1.78 bits per heavy atom. The smallest absolute Gasteiger partial charge is 0.0724 e. The van der Waals surface area contributed by atoms with Gasteiger partial charge in [-0.05, 0) is 71.4 Å². The van der Waals surface area contributed by atoms with Gasteiger partial charge in [-0.15, -0.1) is 0 Å². The molecular weight excluding hydrogens is 597 g/mol. The van der Waals surface area contributed by atoms with Crippen molar-refractivity contribution in [2.45, 2.75) is 0 Å². The lowest BCUT2D eigenvalue weighted by Crippen LogP contribution is -1.97. The monoisotopic (exact) mass is 622 g/mol. The number of benzene rings is 7. The van der Waals surface area contributed by atoms with E-state index in [4.69, 9.17) is 0 Å². The first-order valence-corrected chi connectivity index (χ1v) is 16.8. The molecule has 0 N–H and O–H groups in total. The fraction of sp³-hybridized carbons (Fsp3) is 0. The van der Waals surface area contributed by atoms with Crippen molar-refractivity contribution in [1.82, 2.24) is 18.5 Å². The second kappa shape index (κ2) is 9.03. The minimum Gasteiger partial charge on any atom is -0.309 e. The molecule has 0 aliphatic rings. The first-order chi connectivity index (χ1) is 24.3. The van der Waals surface area contributed by atoms with E-state index < -0.39 is 0 Å². The number of hydrogen-bond acceptors (Lipinski definition) is 1. The molecule has 0 atom stereocenters. The molecule has 49 heavy (non-hydrogen) atoms. The van der Waals surface area contributed by atoms with E-state index in [1.54, 1.807) is 0 Å². The topological polar surface area (TPSA) is 27.2 Å². The second-order valence-corrected chi connectivity index (χ2v) is 13.2. The van der Waals surface area contributed by atoms with Crippen molar-refractivity contribution in [2.24, 2.45) is 0 Å². The van der Waals surface area contributed by atoms with Crippen LogP contribution in [-0.4, -0.2) is 18.5 Å². The summed E-state index contributed by atoms with van der Waals surface area (Å²) in [5, 5.41) is 12.7. The van der Waals surface area contributed by atoms with Crippen LogP contribution in [0.2, 0.25) is 0 Å². The maximum absolute atomic E-state index is 4.50. The van der Waals surface area contributed by atoms with Crippen LogP contribution in [-0.2, 0) is 0 Å². The highest BCUT2D eigenvalue weighted by Crippen LogP contribution is 2.47. The molecule has 0 amide bonds. The van der Waals surface area contributed by atoms with Gasteiger partial charge in [0.25, 0.3) is 0 Å². The first-order valence-electron chi connectivity index (χ1n) is 16.8. The maximum Gasteiger partial charge on any atom is 0.0724 e. The van der Waals surface area contributed by atoms with Crippen LogP contribution in [0, 0.1) is 0 Å². The first kappa shape index (κ1) is 25.4. The average molecular weight is 623 g/mol. The number of nitrogens with zero attached hydrogens (tertiary/aromatic N) is 4. The number of hydrogen-bond donors (Lipinski definition) is 0. The predicted octanol–water partition coefficient (Wildman–Crippen LogP) is 11.6. The zero-order valence-electron chi connectivity index (χ0n) is 26.3. The summed E-state index contributed by atoms with van der Waals surface area (Å²) in [6.07, 6.45) is 3.86. The quantitative estimate of drug-likeness (QED) is 0.188. The Kier molecular flexibility index (Phi) is 4.69. The lowest BCUT2D eigenvalue weighted by Gasteiger charge is -2.12. The van der Waals surface area contributed by atoms with Crippen LogP contribution in [0.25, 0.3) is 104 Å². The van der Waals surface area contributed by atoms with Crippen molar-refractivity contribution in [2.75, 3.05) is 0 Å². The maximum atomic E-state index is 4.50. The zero-order chi connectivity index (χ0) is 31.8. The summed E-state index contributed by atoms with van der Waals surface area (Å²) in [7, 11) is 0. The van der Waals surface area contributed by atoms with Crippen LogP contribution in [0.5, 0.6) is 0 Å². The number of rotatable bonds is 2. The summed E-state index contributed by atoms with van der Waals surface area (Å²) in [4.78, 5) is 4.50. The van der Waals surface area contributed by atoms with E-state index in [0.717, 1.165) is 16.9 Å². The molecule has 0 radical (unpaired) electrons. The summed E-state index contributed by atoms with van der Waals surface area (Å²) in [6.45, 7) is 0. The molecule has 5 heterocycles. The van der Waals surface area contributed by atoms with Crippen molar-refractivity contribution >= 4 is 92.5 Å². The van der Waals surface area contributed by atoms with Gasteiger partial charge in [0.15, 0.2) is 0 Å². The predicted molar refractivity (Wildman–Crippen MR) is 205 cm³/mol. The largest absolute Gasteiger partial charge is 0.309 e. The fourth-order valence-electron chi connectivity index (χ4n) is 8.89. The van der Waals surface area contributed by atoms with Crippen LogP contribution in [0.4, 0.5) is 0 Å². The van der Waals surface area contributed by atoms with Gasteiger partial charge < -0.3 is 13.5 Å². The van der Waals surface area contributed by atoms with Gasteiger partial charge in [0, 0.05) is 60.7 Å². The lowest BCUT2D eigenvalue weighted by molar-refractivity contribution is 1.14. The summed E-state index contributed by atoms with van der Waals surface area (Å²) >= 11 is 0. The third-order valence-corrected chi connectivity index (χ3v) is 10.8. The van der Waals surface area contributed by atoms with Crippen molar-refractivity contribution < 1.29 is 0 Å². The Balaban J connectivity index is 1.24. The van der Waals surface area contributed by atoms with Gasteiger partial charge in [-0.2, -0.15) is 0 Å². The van der Waals surface area contributed by atoms with Crippen molar-refractivity contribution in [3.05, 3.63) is 158 Å². The van der Waals surface area contributed by atoms with Crippen molar-refractivity contribution in [3.63, 3.8) is 0 Å². The summed E-state index contributed by atoms with van der Waals surface area (Å²) in [5.41, 5.74) is 10.8. The molecule has 226 valence electrons. The van der Waals surface area contributed by atoms with Crippen LogP contribution >= 0.6 is 0 Å². The molecule has 0 spiro atoms. The highest BCUT2D eigenvalue weighted by molar-refractivity contribution is 6.36. The Labute approximate surface area is 279 Å². The average Bonchev–Trinajstić information content (AvgIpc) is 3.89. The summed E-state index contributed by atoms with van der Waals surface area (Å²) in [6, 6.07) is 53.4. The number of fused-ring (bicyclic) bond motifs is 15. The molecule has 5 aromatic heterocycles. The Hall–Kier alpha value is -6.65. The van der Waals surface area contributed by atoms with Crippen LogP contribution in [0.1, 0.15) is 0 Å². The van der Waals surface area contributed by atoms with Gasteiger partial charge >= 0.3 is 0 Å². The lowest BCUT2D eigenvalue weighted by atomic mass is 10.0. The minimum atomic E-state index is 1.11. The molecule has 7 aromatic carbocycles. The fourth-order valence-corrected chi connectivity index (χ4v) is 8.89. The van der Waals surface area contributed by atoms with Gasteiger partial charge in [0.05, 0.1) is 44.8 Å². The van der Waals surface area contributed by atoms with Crippen molar-refractivity contribution in [1.29, 1.82) is 0 Å². The third kappa shape index (κ3) is 3.12. The highest BCUT2D eigenvalue weighted by atomic mass is 15.0. The molecule has 0 fully saturated rings. The molecule has 0 bridgehead atoms. The molecular formula is C45H26N4. The van der Waals surface area contributed by atoms with Gasteiger partial charge in [-0.1, -0.05) is 84.9 Å². The Bertz CT molecular complexity index is 3270. The highest BCUT2D eigenvalue weighted by Gasteiger charge is 2.25. The van der Waals surface area contributed by atoms with E-state index in [1.165, 1.54) is 87.0 Å². The van der Waals surface area contributed by atoms with E-state index in [9.17, 15) is 0 Å². The minimum absolute atomic E-state index is 1.11. The van der Waals surface area contributed by atoms with Crippen molar-refractivity contribution in [3.8, 4) is 11.4 Å². The number of pyridine rings is 1. The standard InChI is InChI=1S/C45H26N4/c1-2-10-30-27(9-1)17-22-40-42(30)36-25-35-32-12-4-7-15-38(32)49-39-16-8-5-13-34(39)43(44(35)49)45(36)48(40)29-20-18-28(19-21-29)47-37-14-6-3-11-31(37)33-23-24-46-26-41(33)47/h1-26H.